The van der Waals surface area contributed by atoms with Crippen LogP contribution in [0.3, 0.4) is 0 Å². The Kier molecular flexibility index (Phi) is 5.49. The van der Waals surface area contributed by atoms with Gasteiger partial charge in [0.25, 0.3) is 0 Å². The molecule has 1 amide bonds. The van der Waals surface area contributed by atoms with Crippen LogP contribution in [0.15, 0.2) is 24.3 Å². The van der Waals surface area contributed by atoms with Crippen molar-refractivity contribution in [1.82, 2.24) is 10.6 Å². The highest BCUT2D eigenvalue weighted by atomic mass is 19.1. The zero-order valence-corrected chi connectivity index (χ0v) is 11.7. The number of rotatable bonds is 5. The SMILES string of the molecule is COCCC(=O)NC1CNCCC1c1ccc(F)cc1. The van der Waals surface area contributed by atoms with Crippen LogP contribution in [0, 0.1) is 5.82 Å². The van der Waals surface area contributed by atoms with Crippen LogP contribution in [0.25, 0.3) is 0 Å². The summed E-state index contributed by atoms with van der Waals surface area (Å²) < 4.78 is 17.9. The molecule has 0 aliphatic carbocycles. The molecule has 2 rings (SSSR count). The van der Waals surface area contributed by atoms with Crippen LogP contribution < -0.4 is 10.6 Å². The van der Waals surface area contributed by atoms with E-state index in [4.69, 9.17) is 4.74 Å². The molecule has 2 unspecified atom stereocenters. The third kappa shape index (κ3) is 4.02. The van der Waals surface area contributed by atoms with E-state index in [1.165, 1.54) is 12.1 Å². The van der Waals surface area contributed by atoms with Crippen LogP contribution in [-0.2, 0) is 9.53 Å². The minimum atomic E-state index is -0.233. The van der Waals surface area contributed by atoms with Gasteiger partial charge in [-0.3, -0.25) is 4.79 Å². The van der Waals surface area contributed by atoms with Gasteiger partial charge in [0.2, 0.25) is 5.91 Å². The Labute approximate surface area is 118 Å². The fourth-order valence-corrected chi connectivity index (χ4v) is 2.59. The molecule has 1 aromatic carbocycles. The van der Waals surface area contributed by atoms with Crippen LogP contribution in [0.4, 0.5) is 4.39 Å². The molecule has 0 radical (unpaired) electrons. The monoisotopic (exact) mass is 280 g/mol. The zero-order chi connectivity index (χ0) is 14.4. The van der Waals surface area contributed by atoms with Gasteiger partial charge in [-0.05, 0) is 30.7 Å². The van der Waals surface area contributed by atoms with E-state index in [2.05, 4.69) is 10.6 Å². The molecular weight excluding hydrogens is 259 g/mol. The Morgan fingerprint density at radius 1 is 1.45 bits per heavy atom. The summed E-state index contributed by atoms with van der Waals surface area (Å²) in [4.78, 5) is 11.8. The highest BCUT2D eigenvalue weighted by Crippen LogP contribution is 2.25. The molecule has 1 saturated heterocycles. The van der Waals surface area contributed by atoms with Crippen molar-refractivity contribution < 1.29 is 13.9 Å². The first-order chi connectivity index (χ1) is 9.70. The highest BCUT2D eigenvalue weighted by Gasteiger charge is 2.27. The molecule has 1 aliphatic heterocycles. The lowest BCUT2D eigenvalue weighted by Crippen LogP contribution is -2.50. The normalized spacial score (nSPS) is 22.5. The first-order valence-corrected chi connectivity index (χ1v) is 6.95. The number of ether oxygens (including phenoxy) is 1. The summed E-state index contributed by atoms with van der Waals surface area (Å²) in [6.45, 7) is 2.07. The van der Waals surface area contributed by atoms with E-state index in [1.807, 2.05) is 0 Å². The van der Waals surface area contributed by atoms with Crippen LogP contribution >= 0.6 is 0 Å². The summed E-state index contributed by atoms with van der Waals surface area (Å²) in [6.07, 6.45) is 1.30. The lowest BCUT2D eigenvalue weighted by atomic mass is 9.86. The smallest absolute Gasteiger partial charge is 0.222 e. The molecule has 0 saturated carbocycles. The molecule has 1 aliphatic rings. The average Bonchev–Trinajstić information content (AvgIpc) is 2.47. The van der Waals surface area contributed by atoms with Gasteiger partial charge in [0.15, 0.2) is 0 Å². The van der Waals surface area contributed by atoms with Crippen molar-refractivity contribution in [2.24, 2.45) is 0 Å². The van der Waals surface area contributed by atoms with Gasteiger partial charge >= 0.3 is 0 Å². The minimum absolute atomic E-state index is 0.00679. The maximum atomic E-state index is 13.0. The zero-order valence-electron chi connectivity index (χ0n) is 11.7. The van der Waals surface area contributed by atoms with Crippen molar-refractivity contribution in [3.8, 4) is 0 Å². The van der Waals surface area contributed by atoms with Crippen LogP contribution in [0.2, 0.25) is 0 Å². The number of carbonyl (C=O) groups excluding carboxylic acids is 1. The first kappa shape index (κ1) is 14.9. The molecule has 4 nitrogen and oxygen atoms in total. The van der Waals surface area contributed by atoms with E-state index in [9.17, 15) is 9.18 Å². The number of halogens is 1. The highest BCUT2D eigenvalue weighted by molar-refractivity contribution is 5.76. The van der Waals surface area contributed by atoms with E-state index in [0.717, 1.165) is 25.1 Å². The Hall–Kier alpha value is -1.46. The standard InChI is InChI=1S/C15H21FN2O2/c1-20-9-7-15(19)18-14-10-17-8-6-13(14)11-2-4-12(16)5-3-11/h2-5,13-14,17H,6-10H2,1H3,(H,18,19). The van der Waals surface area contributed by atoms with Crippen molar-refractivity contribution in [1.29, 1.82) is 0 Å². The minimum Gasteiger partial charge on any atom is -0.384 e. The third-order valence-corrected chi connectivity index (χ3v) is 3.66. The summed E-state index contributed by atoms with van der Waals surface area (Å²) in [5, 5.41) is 6.33. The second-order valence-corrected chi connectivity index (χ2v) is 5.07. The van der Waals surface area contributed by atoms with Crippen molar-refractivity contribution >= 4 is 5.91 Å². The van der Waals surface area contributed by atoms with Gasteiger partial charge in [-0.2, -0.15) is 0 Å². The molecule has 2 N–H and O–H groups in total. The Balaban J connectivity index is 2.01. The number of hydrogen-bond donors (Lipinski definition) is 2. The summed E-state index contributed by atoms with van der Waals surface area (Å²) in [5.41, 5.74) is 1.07. The number of piperidine rings is 1. The van der Waals surface area contributed by atoms with Gasteiger partial charge in [-0.15, -0.1) is 0 Å². The number of amides is 1. The molecule has 1 fully saturated rings. The second kappa shape index (κ2) is 7.36. The van der Waals surface area contributed by atoms with Gasteiger partial charge < -0.3 is 15.4 Å². The fourth-order valence-electron chi connectivity index (χ4n) is 2.59. The maximum Gasteiger partial charge on any atom is 0.222 e. The first-order valence-electron chi connectivity index (χ1n) is 6.95. The summed E-state index contributed by atoms with van der Waals surface area (Å²) in [6, 6.07) is 6.60. The van der Waals surface area contributed by atoms with Gasteiger partial charge in [0.05, 0.1) is 6.61 Å². The van der Waals surface area contributed by atoms with E-state index < -0.39 is 0 Å². The fraction of sp³-hybridized carbons (Fsp3) is 0.533. The average molecular weight is 280 g/mol. The topological polar surface area (TPSA) is 50.4 Å². The van der Waals surface area contributed by atoms with E-state index >= 15 is 0 Å². The second-order valence-electron chi connectivity index (χ2n) is 5.07. The van der Waals surface area contributed by atoms with Crippen molar-refractivity contribution in [2.75, 3.05) is 26.8 Å². The number of hydrogen-bond acceptors (Lipinski definition) is 3. The predicted octanol–water partition coefficient (Wildman–Crippen LogP) is 1.42. The number of benzene rings is 1. The van der Waals surface area contributed by atoms with Crippen LogP contribution in [-0.4, -0.2) is 38.8 Å². The number of nitrogens with one attached hydrogen (secondary N) is 2. The van der Waals surface area contributed by atoms with Gasteiger partial charge in [-0.25, -0.2) is 4.39 Å². The van der Waals surface area contributed by atoms with Gasteiger partial charge in [-0.1, -0.05) is 12.1 Å². The molecule has 110 valence electrons. The Bertz CT molecular complexity index is 436. The van der Waals surface area contributed by atoms with Crippen LogP contribution in [0.1, 0.15) is 24.3 Å². The molecule has 5 heteroatoms. The molecule has 0 spiro atoms. The summed E-state index contributed by atoms with van der Waals surface area (Å²) >= 11 is 0. The molecule has 1 aromatic rings. The lowest BCUT2D eigenvalue weighted by molar-refractivity contribution is -0.122. The van der Waals surface area contributed by atoms with Gasteiger partial charge in [0, 0.05) is 32.0 Å². The number of carbonyl (C=O) groups is 1. The summed E-state index contributed by atoms with van der Waals surface area (Å²) in [5.74, 6) is -0.0145. The van der Waals surface area contributed by atoms with E-state index in [1.54, 1.807) is 19.2 Å². The largest absolute Gasteiger partial charge is 0.384 e. The molecular formula is C15H21FN2O2. The van der Waals surface area contributed by atoms with Crippen molar-refractivity contribution in [3.63, 3.8) is 0 Å². The molecule has 1 heterocycles. The third-order valence-electron chi connectivity index (χ3n) is 3.66. The van der Waals surface area contributed by atoms with Crippen molar-refractivity contribution in [2.45, 2.75) is 24.8 Å². The molecule has 20 heavy (non-hydrogen) atoms. The quantitative estimate of drug-likeness (QED) is 0.858. The van der Waals surface area contributed by atoms with E-state index in [0.29, 0.717) is 13.0 Å². The molecule has 2 atom stereocenters. The van der Waals surface area contributed by atoms with Crippen molar-refractivity contribution in [3.05, 3.63) is 35.6 Å². The molecule has 0 aromatic heterocycles. The Morgan fingerprint density at radius 2 is 2.20 bits per heavy atom. The summed E-state index contributed by atoms with van der Waals surface area (Å²) in [7, 11) is 1.58. The Morgan fingerprint density at radius 3 is 2.90 bits per heavy atom. The maximum absolute atomic E-state index is 13.0. The van der Waals surface area contributed by atoms with Gasteiger partial charge in [0.1, 0.15) is 5.82 Å². The van der Waals surface area contributed by atoms with Crippen LogP contribution in [0.5, 0.6) is 0 Å². The predicted molar refractivity (Wildman–Crippen MR) is 75.1 cm³/mol. The molecule has 0 bridgehead atoms. The number of methoxy groups -OCH3 is 1. The lowest BCUT2D eigenvalue weighted by Gasteiger charge is -2.33. The van der Waals surface area contributed by atoms with E-state index in [-0.39, 0.29) is 23.7 Å².